The van der Waals surface area contributed by atoms with E-state index < -0.39 is 11.5 Å². The van der Waals surface area contributed by atoms with Crippen molar-refractivity contribution in [2.24, 2.45) is 0 Å². The number of hydrogen-bond acceptors (Lipinski definition) is 4. The molecule has 21 heavy (non-hydrogen) atoms. The van der Waals surface area contributed by atoms with Crippen LogP contribution in [0.25, 0.3) is 0 Å². The van der Waals surface area contributed by atoms with Gasteiger partial charge in [0, 0.05) is 32.3 Å². The van der Waals surface area contributed by atoms with Crippen molar-refractivity contribution >= 4 is 11.7 Å². The Hall–Kier alpha value is -1.75. The Balaban J connectivity index is 2.74. The highest BCUT2D eigenvalue weighted by Crippen LogP contribution is 2.23. The minimum atomic E-state index is -0.979. The van der Waals surface area contributed by atoms with Gasteiger partial charge in [-0.3, -0.25) is 4.79 Å². The van der Waals surface area contributed by atoms with Crippen LogP contribution in [0.5, 0.6) is 5.75 Å². The zero-order valence-electron chi connectivity index (χ0n) is 13.5. The second kappa shape index (κ2) is 7.31. The number of hydrogen-bond donors (Lipinski definition) is 2. The van der Waals surface area contributed by atoms with Crippen molar-refractivity contribution in [3.8, 4) is 5.75 Å². The maximum Gasteiger partial charge on any atom is 0.323 e. The number of anilines is 1. The van der Waals surface area contributed by atoms with E-state index in [1.54, 1.807) is 6.92 Å². The van der Waals surface area contributed by atoms with Crippen molar-refractivity contribution in [3.63, 3.8) is 0 Å². The van der Waals surface area contributed by atoms with Gasteiger partial charge in [-0.2, -0.15) is 0 Å². The first kappa shape index (κ1) is 17.3. The SMILES string of the molecule is CCNC(C)(CC(C)Oc1cccc(N(C)C)c1)C(=O)O. The molecule has 2 unspecified atom stereocenters. The van der Waals surface area contributed by atoms with Crippen LogP contribution in [0.3, 0.4) is 0 Å². The van der Waals surface area contributed by atoms with Crippen LogP contribution in [0, 0.1) is 0 Å². The number of aliphatic carboxylic acids is 1. The average Bonchev–Trinajstić information content (AvgIpc) is 2.38. The molecular weight excluding hydrogens is 268 g/mol. The topological polar surface area (TPSA) is 61.8 Å². The molecule has 0 saturated carbocycles. The predicted molar refractivity (Wildman–Crippen MR) is 85.2 cm³/mol. The molecule has 0 bridgehead atoms. The lowest BCUT2D eigenvalue weighted by atomic mass is 9.95. The molecule has 0 aliphatic rings. The molecule has 118 valence electrons. The van der Waals surface area contributed by atoms with Crippen molar-refractivity contribution in [2.45, 2.75) is 38.8 Å². The van der Waals surface area contributed by atoms with E-state index in [0.29, 0.717) is 13.0 Å². The molecular formula is C16H26N2O3. The van der Waals surface area contributed by atoms with Crippen LogP contribution in [0.15, 0.2) is 24.3 Å². The van der Waals surface area contributed by atoms with Gasteiger partial charge in [0.25, 0.3) is 0 Å². The van der Waals surface area contributed by atoms with E-state index in [0.717, 1.165) is 11.4 Å². The summed E-state index contributed by atoms with van der Waals surface area (Å²) >= 11 is 0. The molecule has 1 aromatic rings. The quantitative estimate of drug-likeness (QED) is 0.770. The molecule has 0 fully saturated rings. The first-order valence-corrected chi connectivity index (χ1v) is 7.21. The second-order valence-corrected chi connectivity index (χ2v) is 5.69. The van der Waals surface area contributed by atoms with E-state index >= 15 is 0 Å². The van der Waals surface area contributed by atoms with Gasteiger partial charge in [-0.25, -0.2) is 0 Å². The summed E-state index contributed by atoms with van der Waals surface area (Å²) in [4.78, 5) is 13.4. The number of likely N-dealkylation sites (N-methyl/N-ethyl adjacent to an activating group) is 1. The van der Waals surface area contributed by atoms with Gasteiger partial charge < -0.3 is 20.1 Å². The Labute approximate surface area is 126 Å². The smallest absolute Gasteiger partial charge is 0.323 e. The zero-order chi connectivity index (χ0) is 16.0. The number of carbonyl (C=O) groups is 1. The number of nitrogens with one attached hydrogen (secondary N) is 1. The third-order valence-electron chi connectivity index (χ3n) is 3.41. The molecule has 1 aromatic carbocycles. The fourth-order valence-electron chi connectivity index (χ4n) is 2.31. The minimum Gasteiger partial charge on any atom is -0.491 e. The Morgan fingerprint density at radius 3 is 2.67 bits per heavy atom. The Morgan fingerprint density at radius 1 is 1.48 bits per heavy atom. The van der Waals surface area contributed by atoms with Crippen molar-refractivity contribution in [3.05, 3.63) is 24.3 Å². The molecule has 0 saturated heterocycles. The summed E-state index contributed by atoms with van der Waals surface area (Å²) in [5.41, 5.74) is 0.0697. The minimum absolute atomic E-state index is 0.206. The number of carboxylic acids is 1. The van der Waals surface area contributed by atoms with Crippen molar-refractivity contribution in [2.75, 3.05) is 25.5 Å². The molecule has 0 heterocycles. The molecule has 0 spiro atoms. The molecule has 2 N–H and O–H groups in total. The monoisotopic (exact) mass is 294 g/mol. The lowest BCUT2D eigenvalue weighted by Gasteiger charge is -2.29. The van der Waals surface area contributed by atoms with Gasteiger partial charge in [-0.05, 0) is 32.5 Å². The first-order chi connectivity index (χ1) is 9.78. The van der Waals surface area contributed by atoms with E-state index in [-0.39, 0.29) is 6.10 Å². The normalized spacial score (nSPS) is 15.1. The molecule has 0 amide bonds. The van der Waals surface area contributed by atoms with E-state index in [2.05, 4.69) is 5.32 Å². The highest BCUT2D eigenvalue weighted by atomic mass is 16.5. The van der Waals surface area contributed by atoms with E-state index in [4.69, 9.17) is 4.74 Å². The Morgan fingerprint density at radius 2 is 2.14 bits per heavy atom. The van der Waals surface area contributed by atoms with Crippen molar-refractivity contribution in [1.82, 2.24) is 5.32 Å². The lowest BCUT2D eigenvalue weighted by molar-refractivity contribution is -0.145. The highest BCUT2D eigenvalue weighted by molar-refractivity contribution is 5.78. The summed E-state index contributed by atoms with van der Waals surface area (Å²) in [5.74, 6) is -0.111. The molecule has 0 aromatic heterocycles. The maximum atomic E-state index is 11.4. The maximum absolute atomic E-state index is 11.4. The van der Waals surface area contributed by atoms with Gasteiger partial charge in [0.2, 0.25) is 0 Å². The number of ether oxygens (including phenoxy) is 1. The first-order valence-electron chi connectivity index (χ1n) is 7.21. The van der Waals surface area contributed by atoms with Gasteiger partial charge in [-0.15, -0.1) is 0 Å². The molecule has 5 nitrogen and oxygen atoms in total. The predicted octanol–water partition coefficient (Wildman–Crippen LogP) is 2.36. The number of carboxylic acid groups (broad SMARTS) is 1. The summed E-state index contributed by atoms with van der Waals surface area (Å²) in [6.45, 7) is 6.08. The number of nitrogens with zero attached hydrogens (tertiary/aromatic N) is 1. The van der Waals surface area contributed by atoms with Gasteiger partial charge in [0.05, 0.1) is 6.10 Å². The van der Waals surface area contributed by atoms with Gasteiger partial charge >= 0.3 is 5.97 Å². The van der Waals surface area contributed by atoms with E-state index in [1.165, 1.54) is 0 Å². The molecule has 0 aliphatic heterocycles. The number of rotatable bonds is 8. The lowest BCUT2D eigenvalue weighted by Crippen LogP contribution is -2.51. The largest absolute Gasteiger partial charge is 0.491 e. The van der Waals surface area contributed by atoms with E-state index in [9.17, 15) is 9.90 Å². The van der Waals surface area contributed by atoms with Crippen LogP contribution in [0.2, 0.25) is 0 Å². The van der Waals surface area contributed by atoms with Crippen LogP contribution in [-0.2, 0) is 4.79 Å². The average molecular weight is 294 g/mol. The van der Waals surface area contributed by atoms with Gasteiger partial charge in [-0.1, -0.05) is 13.0 Å². The fourth-order valence-corrected chi connectivity index (χ4v) is 2.31. The fraction of sp³-hybridized carbons (Fsp3) is 0.562. The number of benzene rings is 1. The second-order valence-electron chi connectivity index (χ2n) is 5.69. The molecule has 2 atom stereocenters. The van der Waals surface area contributed by atoms with Gasteiger partial charge in [0.1, 0.15) is 11.3 Å². The van der Waals surface area contributed by atoms with Crippen LogP contribution in [-0.4, -0.2) is 43.4 Å². The molecule has 0 aliphatic carbocycles. The molecule has 1 rings (SSSR count). The Bertz CT molecular complexity index is 476. The van der Waals surface area contributed by atoms with Crippen LogP contribution in [0.1, 0.15) is 27.2 Å². The summed E-state index contributed by atoms with van der Waals surface area (Å²) in [6, 6.07) is 7.76. The summed E-state index contributed by atoms with van der Waals surface area (Å²) in [5, 5.41) is 12.4. The van der Waals surface area contributed by atoms with Gasteiger partial charge in [0.15, 0.2) is 0 Å². The van der Waals surface area contributed by atoms with Crippen molar-refractivity contribution < 1.29 is 14.6 Å². The summed E-state index contributed by atoms with van der Waals surface area (Å²) < 4.78 is 5.87. The Kier molecular flexibility index (Phi) is 6.03. The van der Waals surface area contributed by atoms with E-state index in [1.807, 2.05) is 57.1 Å². The summed E-state index contributed by atoms with van der Waals surface area (Å²) in [7, 11) is 3.93. The van der Waals surface area contributed by atoms with Crippen molar-refractivity contribution in [1.29, 1.82) is 0 Å². The summed E-state index contributed by atoms with van der Waals surface area (Å²) in [6.07, 6.45) is 0.185. The standard InChI is InChI=1S/C16H26N2O3/c1-6-17-16(3,15(19)20)11-12(2)21-14-9-7-8-13(10-14)18(4)5/h7-10,12,17H,6,11H2,1-5H3,(H,19,20). The van der Waals surface area contributed by atoms with Crippen LogP contribution >= 0.6 is 0 Å². The molecule has 0 radical (unpaired) electrons. The molecule has 5 heteroatoms. The third kappa shape index (κ3) is 4.93. The van der Waals surface area contributed by atoms with Crippen LogP contribution < -0.4 is 15.0 Å². The highest BCUT2D eigenvalue weighted by Gasteiger charge is 2.34. The van der Waals surface area contributed by atoms with Crippen LogP contribution in [0.4, 0.5) is 5.69 Å². The zero-order valence-corrected chi connectivity index (χ0v) is 13.5. The third-order valence-corrected chi connectivity index (χ3v) is 3.41.